The fourth-order valence-corrected chi connectivity index (χ4v) is 2.66. The number of para-hydroxylation sites is 1. The molecule has 0 fully saturated rings. The van der Waals surface area contributed by atoms with E-state index in [0.717, 1.165) is 21.7 Å². The average Bonchev–Trinajstić information content (AvgIpc) is 2.76. The molecule has 0 radical (unpaired) electrons. The molecule has 1 aliphatic heterocycles. The lowest BCUT2D eigenvalue weighted by Crippen LogP contribution is -2.32. The van der Waals surface area contributed by atoms with Crippen LogP contribution in [0.1, 0.15) is 11.1 Å². The number of halogens is 1. The number of rotatable bonds is 3. The largest absolute Gasteiger partial charge is 0.349 e. The average molecular weight is 327 g/mol. The van der Waals surface area contributed by atoms with E-state index >= 15 is 0 Å². The molecule has 1 heterocycles. The minimum absolute atomic E-state index is 0.0974. The molecule has 5 heteroatoms. The minimum Gasteiger partial charge on any atom is -0.349 e. The maximum Gasteiger partial charge on any atom is 0.283 e. The van der Waals surface area contributed by atoms with Gasteiger partial charge < -0.3 is 5.32 Å². The number of carbonyl (C=O) groups excluding carboxylic acids is 2. The highest BCUT2D eigenvalue weighted by Crippen LogP contribution is 2.31. The van der Waals surface area contributed by atoms with E-state index < -0.39 is 11.8 Å². The molecule has 2 aromatic rings. The van der Waals surface area contributed by atoms with Gasteiger partial charge in [-0.05, 0) is 43.2 Å². The third kappa shape index (κ3) is 2.62. The number of nitrogens with zero attached hydrogens (tertiary/aromatic N) is 1. The summed E-state index contributed by atoms with van der Waals surface area (Å²) >= 11 is 6.12. The summed E-state index contributed by atoms with van der Waals surface area (Å²) in [7, 11) is 0. The molecule has 2 aromatic carbocycles. The molecule has 0 unspecified atom stereocenters. The van der Waals surface area contributed by atoms with Crippen LogP contribution in [0.25, 0.3) is 0 Å². The van der Waals surface area contributed by atoms with E-state index in [1.54, 1.807) is 24.3 Å². The van der Waals surface area contributed by atoms with E-state index in [4.69, 9.17) is 11.6 Å². The standard InChI is InChI=1S/C18H15ClN2O2/c1-11-7-6-10-14(12(11)2)20-16-15(19)17(22)21(18(16)23)13-8-4-3-5-9-13/h3-10,20H,1-2H3. The Labute approximate surface area is 139 Å². The first-order valence-electron chi connectivity index (χ1n) is 7.17. The molecular weight excluding hydrogens is 312 g/mol. The lowest BCUT2D eigenvalue weighted by molar-refractivity contribution is -0.120. The van der Waals surface area contributed by atoms with Crippen LogP contribution in [-0.2, 0) is 9.59 Å². The Bertz CT molecular complexity index is 828. The number of carbonyl (C=O) groups is 2. The quantitative estimate of drug-likeness (QED) is 0.874. The first-order chi connectivity index (χ1) is 11.0. The van der Waals surface area contributed by atoms with Crippen LogP contribution in [0.2, 0.25) is 0 Å². The molecule has 0 spiro atoms. The Balaban J connectivity index is 1.96. The summed E-state index contributed by atoms with van der Waals surface area (Å²) in [6, 6.07) is 14.5. The van der Waals surface area contributed by atoms with Crippen LogP contribution in [-0.4, -0.2) is 11.8 Å². The zero-order chi connectivity index (χ0) is 16.6. The molecule has 23 heavy (non-hydrogen) atoms. The second-order valence-electron chi connectivity index (χ2n) is 5.34. The summed E-state index contributed by atoms with van der Waals surface area (Å²) in [6.45, 7) is 3.93. The molecule has 1 aliphatic rings. The fourth-order valence-electron chi connectivity index (χ4n) is 2.44. The zero-order valence-electron chi connectivity index (χ0n) is 12.8. The van der Waals surface area contributed by atoms with Crippen LogP contribution < -0.4 is 10.2 Å². The maximum absolute atomic E-state index is 12.6. The highest BCUT2D eigenvalue weighted by Gasteiger charge is 2.38. The Morgan fingerprint density at radius 3 is 2.30 bits per heavy atom. The third-order valence-corrected chi connectivity index (χ3v) is 4.26. The van der Waals surface area contributed by atoms with E-state index in [9.17, 15) is 9.59 Å². The van der Waals surface area contributed by atoms with Gasteiger partial charge in [-0.25, -0.2) is 4.90 Å². The second kappa shape index (κ2) is 5.89. The van der Waals surface area contributed by atoms with Crippen molar-refractivity contribution in [2.75, 3.05) is 10.2 Å². The van der Waals surface area contributed by atoms with Gasteiger partial charge >= 0.3 is 0 Å². The molecule has 116 valence electrons. The van der Waals surface area contributed by atoms with Crippen molar-refractivity contribution in [1.29, 1.82) is 0 Å². The van der Waals surface area contributed by atoms with Gasteiger partial charge in [0, 0.05) is 5.69 Å². The van der Waals surface area contributed by atoms with Crippen LogP contribution in [0.4, 0.5) is 11.4 Å². The number of amides is 2. The van der Waals surface area contributed by atoms with Gasteiger partial charge in [0.05, 0.1) is 5.69 Å². The monoisotopic (exact) mass is 326 g/mol. The van der Waals surface area contributed by atoms with Gasteiger partial charge in [0.25, 0.3) is 11.8 Å². The molecular formula is C18H15ClN2O2. The van der Waals surface area contributed by atoms with Gasteiger partial charge in [0.15, 0.2) is 0 Å². The van der Waals surface area contributed by atoms with Gasteiger partial charge in [-0.2, -0.15) is 0 Å². The Hall–Kier alpha value is -2.59. The smallest absolute Gasteiger partial charge is 0.283 e. The molecule has 1 N–H and O–H groups in total. The summed E-state index contributed by atoms with van der Waals surface area (Å²) in [5, 5.41) is 2.92. The normalized spacial score (nSPS) is 14.7. The highest BCUT2D eigenvalue weighted by molar-refractivity contribution is 6.53. The minimum atomic E-state index is -0.518. The molecule has 0 aromatic heterocycles. The number of hydrogen-bond acceptors (Lipinski definition) is 3. The molecule has 0 saturated carbocycles. The molecule has 2 amide bonds. The predicted molar refractivity (Wildman–Crippen MR) is 91.4 cm³/mol. The van der Waals surface area contributed by atoms with E-state index in [1.807, 2.05) is 38.1 Å². The predicted octanol–water partition coefficient (Wildman–Crippen LogP) is 3.74. The number of imide groups is 1. The number of hydrogen-bond donors (Lipinski definition) is 1. The van der Waals surface area contributed by atoms with E-state index in [-0.39, 0.29) is 10.7 Å². The Morgan fingerprint density at radius 1 is 0.913 bits per heavy atom. The van der Waals surface area contributed by atoms with Crippen LogP contribution in [0.15, 0.2) is 59.3 Å². The van der Waals surface area contributed by atoms with Crippen molar-refractivity contribution >= 4 is 34.8 Å². The summed E-state index contributed by atoms with van der Waals surface area (Å²) in [5.41, 5.74) is 3.45. The molecule has 0 atom stereocenters. The number of benzene rings is 2. The molecule has 3 rings (SSSR count). The van der Waals surface area contributed by atoms with Crippen LogP contribution in [0.5, 0.6) is 0 Å². The fraction of sp³-hybridized carbons (Fsp3) is 0.111. The van der Waals surface area contributed by atoms with Crippen LogP contribution >= 0.6 is 11.6 Å². The van der Waals surface area contributed by atoms with E-state index in [0.29, 0.717) is 5.69 Å². The summed E-state index contributed by atoms with van der Waals surface area (Å²) in [6.07, 6.45) is 0. The summed E-state index contributed by atoms with van der Waals surface area (Å²) in [5.74, 6) is -0.970. The van der Waals surface area contributed by atoms with E-state index in [1.165, 1.54) is 0 Å². The van der Waals surface area contributed by atoms with Crippen molar-refractivity contribution in [3.8, 4) is 0 Å². The van der Waals surface area contributed by atoms with Gasteiger partial charge in [-0.15, -0.1) is 0 Å². The van der Waals surface area contributed by atoms with Crippen molar-refractivity contribution in [1.82, 2.24) is 0 Å². The highest BCUT2D eigenvalue weighted by atomic mass is 35.5. The van der Waals surface area contributed by atoms with Gasteiger partial charge in [0.1, 0.15) is 10.7 Å². The van der Waals surface area contributed by atoms with Crippen molar-refractivity contribution in [3.05, 3.63) is 70.4 Å². The van der Waals surface area contributed by atoms with E-state index in [2.05, 4.69) is 5.32 Å². The number of aryl methyl sites for hydroxylation is 1. The maximum atomic E-state index is 12.6. The number of anilines is 2. The second-order valence-corrected chi connectivity index (χ2v) is 5.72. The van der Waals surface area contributed by atoms with Crippen molar-refractivity contribution in [2.24, 2.45) is 0 Å². The van der Waals surface area contributed by atoms with Gasteiger partial charge in [-0.3, -0.25) is 9.59 Å². The topological polar surface area (TPSA) is 49.4 Å². The van der Waals surface area contributed by atoms with Crippen molar-refractivity contribution < 1.29 is 9.59 Å². The third-order valence-electron chi connectivity index (χ3n) is 3.91. The van der Waals surface area contributed by atoms with Crippen molar-refractivity contribution in [3.63, 3.8) is 0 Å². The van der Waals surface area contributed by atoms with Gasteiger partial charge in [-0.1, -0.05) is 41.9 Å². The lowest BCUT2D eigenvalue weighted by atomic mass is 10.1. The van der Waals surface area contributed by atoms with Gasteiger partial charge in [0.2, 0.25) is 0 Å². The van der Waals surface area contributed by atoms with Crippen LogP contribution in [0.3, 0.4) is 0 Å². The molecule has 0 bridgehead atoms. The molecule has 0 aliphatic carbocycles. The lowest BCUT2D eigenvalue weighted by Gasteiger charge is -2.15. The Morgan fingerprint density at radius 2 is 1.61 bits per heavy atom. The first kappa shape index (κ1) is 15.3. The zero-order valence-corrected chi connectivity index (χ0v) is 13.5. The molecule has 4 nitrogen and oxygen atoms in total. The molecule has 0 saturated heterocycles. The Kier molecular flexibility index (Phi) is 3.92. The van der Waals surface area contributed by atoms with Crippen molar-refractivity contribution in [2.45, 2.75) is 13.8 Å². The summed E-state index contributed by atoms with van der Waals surface area (Å²) < 4.78 is 0. The SMILES string of the molecule is Cc1cccc(NC2=C(Cl)C(=O)N(c3ccccc3)C2=O)c1C. The number of nitrogens with one attached hydrogen (secondary N) is 1. The first-order valence-corrected chi connectivity index (χ1v) is 7.55. The van der Waals surface area contributed by atoms with Crippen LogP contribution in [0, 0.1) is 13.8 Å². The summed E-state index contributed by atoms with van der Waals surface area (Å²) in [4.78, 5) is 26.1.